The van der Waals surface area contributed by atoms with E-state index in [9.17, 15) is 4.79 Å². The van der Waals surface area contributed by atoms with Gasteiger partial charge in [-0.05, 0) is 58.6 Å². The molecule has 1 aromatic carbocycles. The Balaban J connectivity index is 1.54. The van der Waals surface area contributed by atoms with Gasteiger partial charge in [0.1, 0.15) is 12.3 Å². The highest BCUT2D eigenvalue weighted by atomic mass is 79.9. The van der Waals surface area contributed by atoms with Gasteiger partial charge in [0.05, 0.1) is 6.04 Å². The average Bonchev–Trinajstić information content (AvgIpc) is 3.00. The van der Waals surface area contributed by atoms with Crippen LogP contribution in [0.2, 0.25) is 0 Å². The van der Waals surface area contributed by atoms with Crippen LogP contribution in [0.25, 0.3) is 0 Å². The van der Waals surface area contributed by atoms with Crippen LogP contribution in [-0.4, -0.2) is 29.6 Å². The van der Waals surface area contributed by atoms with Crippen molar-refractivity contribution in [1.29, 1.82) is 0 Å². The van der Waals surface area contributed by atoms with E-state index in [1.165, 1.54) is 5.56 Å². The Morgan fingerprint density at radius 2 is 2.08 bits per heavy atom. The molecular weight excluding hydrogens is 372 g/mol. The number of hydrogen-bond acceptors (Lipinski definition) is 5. The second-order valence-corrected chi connectivity index (χ2v) is 6.40. The number of aryl methyl sites for hydroxylation is 1. The van der Waals surface area contributed by atoms with Gasteiger partial charge in [0.2, 0.25) is 0 Å². The highest BCUT2D eigenvalue weighted by Crippen LogP contribution is 2.15. The number of anilines is 1. The minimum Gasteiger partial charge on any atom is -0.463 e. The number of halogens is 1. The molecule has 124 valence electrons. The van der Waals surface area contributed by atoms with Gasteiger partial charge < -0.3 is 15.8 Å². The second kappa shape index (κ2) is 7.44. The molecule has 0 saturated carbocycles. The minimum atomic E-state index is -0.233. The maximum absolute atomic E-state index is 12.1. The number of hydrogen-bond donors (Lipinski definition) is 2. The summed E-state index contributed by atoms with van der Waals surface area (Å²) in [4.78, 5) is 20.4. The number of nitrogens with zero attached hydrogens (tertiary/aromatic N) is 2. The quantitative estimate of drug-likeness (QED) is 0.823. The second-order valence-electron chi connectivity index (χ2n) is 5.48. The molecule has 2 aromatic rings. The van der Waals surface area contributed by atoms with Crippen molar-refractivity contribution in [2.45, 2.75) is 18.9 Å². The summed E-state index contributed by atoms with van der Waals surface area (Å²) >= 11 is 3.29. The maximum Gasteiger partial charge on any atom is 0.282 e. The van der Waals surface area contributed by atoms with Crippen molar-refractivity contribution < 1.29 is 9.53 Å². The van der Waals surface area contributed by atoms with Gasteiger partial charge in [0.25, 0.3) is 11.9 Å². The third-order valence-corrected chi connectivity index (χ3v) is 4.14. The van der Waals surface area contributed by atoms with E-state index in [0.717, 1.165) is 23.0 Å². The third-order valence-electron chi connectivity index (χ3n) is 3.67. The first-order valence-corrected chi connectivity index (χ1v) is 8.37. The molecule has 0 spiro atoms. The van der Waals surface area contributed by atoms with Crippen LogP contribution in [0.5, 0.6) is 0 Å². The van der Waals surface area contributed by atoms with Crippen LogP contribution in [-0.2, 0) is 11.2 Å². The summed E-state index contributed by atoms with van der Waals surface area (Å²) in [5, 5.41) is 2.83. The Kier molecular flexibility index (Phi) is 5.10. The standard InChI is InChI=1S/C17H17BrN4O2/c18-12-4-8-15(20-9-12)16(23)21-13-5-1-11(2-6-13)3-7-14-10-24-17(19)22-14/h1-2,4-6,8-9,14H,3,7,10H2,(H2,19,22)(H,21,23). The van der Waals surface area contributed by atoms with Crippen LogP contribution in [0.15, 0.2) is 52.1 Å². The Bertz CT molecular complexity index is 744. The molecule has 24 heavy (non-hydrogen) atoms. The van der Waals surface area contributed by atoms with Gasteiger partial charge in [-0.15, -0.1) is 0 Å². The zero-order valence-corrected chi connectivity index (χ0v) is 14.5. The molecule has 3 N–H and O–H groups in total. The normalized spacial score (nSPS) is 16.4. The van der Waals surface area contributed by atoms with Crippen LogP contribution in [0.1, 0.15) is 22.5 Å². The number of nitrogens with one attached hydrogen (secondary N) is 1. The van der Waals surface area contributed by atoms with Gasteiger partial charge in [-0.2, -0.15) is 0 Å². The average molecular weight is 389 g/mol. The fourth-order valence-corrected chi connectivity index (χ4v) is 2.61. The van der Waals surface area contributed by atoms with Crippen molar-refractivity contribution in [3.05, 3.63) is 58.3 Å². The molecular formula is C17H17BrN4O2. The molecule has 1 aromatic heterocycles. The first-order valence-electron chi connectivity index (χ1n) is 7.58. The molecule has 7 heteroatoms. The van der Waals surface area contributed by atoms with Gasteiger partial charge in [0, 0.05) is 16.4 Å². The molecule has 1 aliphatic heterocycles. The molecule has 0 saturated heterocycles. The molecule has 0 aliphatic carbocycles. The number of carbonyl (C=O) groups is 1. The van der Waals surface area contributed by atoms with Crippen molar-refractivity contribution in [1.82, 2.24) is 4.98 Å². The Hall–Kier alpha value is -2.41. The van der Waals surface area contributed by atoms with Crippen LogP contribution >= 0.6 is 15.9 Å². The highest BCUT2D eigenvalue weighted by molar-refractivity contribution is 9.10. The van der Waals surface area contributed by atoms with Crippen molar-refractivity contribution in [3.8, 4) is 0 Å². The van der Waals surface area contributed by atoms with Crippen molar-refractivity contribution in [2.75, 3.05) is 11.9 Å². The topological polar surface area (TPSA) is 89.6 Å². The highest BCUT2D eigenvalue weighted by Gasteiger charge is 2.16. The summed E-state index contributed by atoms with van der Waals surface area (Å²) in [6.07, 6.45) is 3.36. The van der Waals surface area contributed by atoms with Gasteiger partial charge in [-0.3, -0.25) is 4.79 Å². The van der Waals surface area contributed by atoms with Gasteiger partial charge in [0.15, 0.2) is 0 Å². The maximum atomic E-state index is 12.1. The first-order chi connectivity index (χ1) is 11.6. The number of nitrogens with two attached hydrogens (primary N) is 1. The number of amides is 1. The molecule has 2 heterocycles. The Morgan fingerprint density at radius 1 is 1.29 bits per heavy atom. The fourth-order valence-electron chi connectivity index (χ4n) is 2.38. The molecule has 1 atom stereocenters. The smallest absolute Gasteiger partial charge is 0.282 e. The zero-order chi connectivity index (χ0) is 16.9. The lowest BCUT2D eigenvalue weighted by Crippen LogP contribution is -2.13. The van der Waals surface area contributed by atoms with Crippen molar-refractivity contribution in [2.24, 2.45) is 10.7 Å². The van der Waals surface area contributed by atoms with Crippen LogP contribution in [0, 0.1) is 0 Å². The van der Waals surface area contributed by atoms with Gasteiger partial charge in [-0.25, -0.2) is 9.98 Å². The summed E-state index contributed by atoms with van der Waals surface area (Å²) in [5.41, 5.74) is 7.78. The SMILES string of the molecule is NC1=NC(CCc2ccc(NC(=O)c3ccc(Br)cn3)cc2)CO1. The fraction of sp³-hybridized carbons (Fsp3) is 0.235. The van der Waals surface area contributed by atoms with E-state index in [-0.39, 0.29) is 18.0 Å². The summed E-state index contributed by atoms with van der Waals surface area (Å²) in [5.74, 6) is -0.233. The lowest BCUT2D eigenvalue weighted by molar-refractivity contribution is 0.102. The zero-order valence-electron chi connectivity index (χ0n) is 12.9. The van der Waals surface area contributed by atoms with Crippen molar-refractivity contribution in [3.63, 3.8) is 0 Å². The van der Waals surface area contributed by atoms with Gasteiger partial charge >= 0.3 is 0 Å². The van der Waals surface area contributed by atoms with E-state index < -0.39 is 0 Å². The molecule has 1 aliphatic rings. The monoisotopic (exact) mass is 388 g/mol. The summed E-state index contributed by atoms with van der Waals surface area (Å²) in [6.45, 7) is 0.556. The predicted molar refractivity (Wildman–Crippen MR) is 96.0 cm³/mol. The van der Waals surface area contributed by atoms with Crippen LogP contribution < -0.4 is 11.1 Å². The molecule has 6 nitrogen and oxygen atoms in total. The van der Waals surface area contributed by atoms with Crippen LogP contribution in [0.3, 0.4) is 0 Å². The molecule has 0 fully saturated rings. The Morgan fingerprint density at radius 3 is 2.71 bits per heavy atom. The summed E-state index contributed by atoms with van der Waals surface area (Å²) < 4.78 is 5.97. The van der Waals surface area contributed by atoms with E-state index in [0.29, 0.717) is 12.3 Å². The van der Waals surface area contributed by atoms with E-state index in [1.54, 1.807) is 18.3 Å². The lowest BCUT2D eigenvalue weighted by atomic mass is 10.1. The number of pyridine rings is 1. The minimum absolute atomic E-state index is 0.132. The van der Waals surface area contributed by atoms with E-state index >= 15 is 0 Å². The number of rotatable bonds is 5. The summed E-state index contributed by atoms with van der Waals surface area (Å²) in [6, 6.07) is 11.6. The van der Waals surface area contributed by atoms with Gasteiger partial charge in [-0.1, -0.05) is 12.1 Å². The number of ether oxygens (including phenoxy) is 1. The molecule has 3 rings (SSSR count). The molecule has 0 bridgehead atoms. The van der Waals surface area contributed by atoms with Crippen molar-refractivity contribution >= 4 is 33.5 Å². The number of aromatic nitrogens is 1. The molecule has 0 radical (unpaired) electrons. The van der Waals surface area contributed by atoms with E-state index in [1.807, 2.05) is 24.3 Å². The van der Waals surface area contributed by atoms with E-state index in [4.69, 9.17) is 10.5 Å². The Labute approximate surface area is 148 Å². The summed E-state index contributed by atoms with van der Waals surface area (Å²) in [7, 11) is 0. The molecule has 1 unspecified atom stereocenters. The largest absolute Gasteiger partial charge is 0.463 e. The number of benzene rings is 1. The van der Waals surface area contributed by atoms with E-state index in [2.05, 4.69) is 31.2 Å². The molecule has 1 amide bonds. The predicted octanol–water partition coefficient (Wildman–Crippen LogP) is 2.74. The number of aliphatic imine (C=N–C) groups is 1. The van der Waals surface area contributed by atoms with Crippen LogP contribution in [0.4, 0.5) is 5.69 Å². The first kappa shape index (κ1) is 16.4. The number of amidine groups is 1. The third kappa shape index (κ3) is 4.32. The lowest BCUT2D eigenvalue weighted by Gasteiger charge is -2.08. The number of carbonyl (C=O) groups excluding carboxylic acids is 1.